The Labute approximate surface area is 141 Å². The predicted molar refractivity (Wildman–Crippen MR) is 77.5 cm³/mol. The summed E-state index contributed by atoms with van der Waals surface area (Å²) < 4.78 is 40.6. The number of hydrogen-bond donors (Lipinski definition) is 3. The van der Waals surface area contributed by atoms with Crippen molar-refractivity contribution in [2.45, 2.75) is 31.7 Å². The van der Waals surface area contributed by atoms with Gasteiger partial charge in [-0.15, -0.1) is 13.2 Å². The molecule has 0 aromatic carbocycles. The Bertz CT molecular complexity index is 648. The number of fused-ring (bicyclic) bond motifs is 1. The number of nitrogens with two attached hydrogens (primary N) is 1. The summed E-state index contributed by atoms with van der Waals surface area (Å²) in [6.45, 7) is -0.695. The molecular formula is C15H18F3N3O4. The maximum absolute atomic E-state index is 12.5. The van der Waals surface area contributed by atoms with E-state index in [0.29, 0.717) is 19.4 Å². The van der Waals surface area contributed by atoms with Crippen molar-refractivity contribution in [1.29, 1.82) is 0 Å². The van der Waals surface area contributed by atoms with E-state index in [4.69, 9.17) is 5.73 Å². The van der Waals surface area contributed by atoms with E-state index in [-0.39, 0.29) is 12.3 Å². The van der Waals surface area contributed by atoms with Gasteiger partial charge in [-0.05, 0) is 31.0 Å². The van der Waals surface area contributed by atoms with Crippen LogP contribution < -0.4 is 16.4 Å². The van der Waals surface area contributed by atoms with Gasteiger partial charge >= 0.3 is 6.36 Å². The number of carbonyl (C=O) groups excluding carboxylic acids is 3. The van der Waals surface area contributed by atoms with Gasteiger partial charge in [-0.3, -0.25) is 19.1 Å². The molecule has 4 atom stereocenters. The van der Waals surface area contributed by atoms with Crippen LogP contribution >= 0.6 is 0 Å². The topological polar surface area (TPSA) is 111 Å². The van der Waals surface area contributed by atoms with E-state index >= 15 is 0 Å². The fourth-order valence-electron chi connectivity index (χ4n) is 4.00. The molecule has 1 saturated carbocycles. The third kappa shape index (κ3) is 3.22. The number of primary amides is 1. The second-order valence-corrected chi connectivity index (χ2v) is 6.65. The van der Waals surface area contributed by atoms with Gasteiger partial charge in [0.1, 0.15) is 12.6 Å². The molecule has 0 radical (unpaired) electrons. The molecule has 2 unspecified atom stereocenters. The van der Waals surface area contributed by atoms with E-state index in [2.05, 4.69) is 15.4 Å². The van der Waals surface area contributed by atoms with Crippen LogP contribution in [0.15, 0.2) is 11.8 Å². The highest BCUT2D eigenvalue weighted by atomic mass is 19.4. The van der Waals surface area contributed by atoms with Gasteiger partial charge in [-0.2, -0.15) is 0 Å². The SMILES string of the molecule is NC(=O)C1NC=C2CC21[C@H](C[C@H]1CCNC1=O)C(=O)COC(F)(F)F. The first kappa shape index (κ1) is 17.7. The van der Waals surface area contributed by atoms with E-state index in [1.165, 1.54) is 0 Å². The molecule has 1 saturated heterocycles. The molecule has 0 aromatic rings. The lowest BCUT2D eigenvalue weighted by Gasteiger charge is -2.30. The molecule has 2 heterocycles. The van der Waals surface area contributed by atoms with Gasteiger partial charge in [0.2, 0.25) is 11.8 Å². The quantitative estimate of drug-likeness (QED) is 0.590. The molecule has 0 aromatic heterocycles. The monoisotopic (exact) mass is 361 g/mol. The Morgan fingerprint density at radius 3 is 2.68 bits per heavy atom. The molecule has 25 heavy (non-hydrogen) atoms. The molecule has 1 aliphatic carbocycles. The third-order valence-electron chi connectivity index (χ3n) is 5.25. The summed E-state index contributed by atoms with van der Waals surface area (Å²) in [4.78, 5) is 36.1. The zero-order valence-electron chi connectivity index (χ0n) is 13.2. The second-order valence-electron chi connectivity index (χ2n) is 6.65. The van der Waals surface area contributed by atoms with Crippen LogP contribution in [0.1, 0.15) is 19.3 Å². The second kappa shape index (κ2) is 6.01. The highest BCUT2D eigenvalue weighted by molar-refractivity contribution is 5.91. The fraction of sp³-hybridized carbons (Fsp3) is 0.667. The lowest BCUT2D eigenvalue weighted by atomic mass is 9.74. The molecule has 0 spiro atoms. The van der Waals surface area contributed by atoms with Gasteiger partial charge in [0, 0.05) is 23.8 Å². The Morgan fingerprint density at radius 2 is 2.16 bits per heavy atom. The Morgan fingerprint density at radius 1 is 1.44 bits per heavy atom. The molecule has 4 N–H and O–H groups in total. The van der Waals surface area contributed by atoms with Crippen molar-refractivity contribution in [3.63, 3.8) is 0 Å². The van der Waals surface area contributed by atoms with Gasteiger partial charge in [0.25, 0.3) is 0 Å². The molecule has 138 valence electrons. The van der Waals surface area contributed by atoms with Crippen LogP contribution in [0.4, 0.5) is 13.2 Å². The molecule has 3 rings (SSSR count). The number of ketones is 1. The van der Waals surface area contributed by atoms with Crippen LogP contribution in [0.5, 0.6) is 0 Å². The van der Waals surface area contributed by atoms with E-state index < -0.39 is 48.0 Å². The first-order valence-corrected chi connectivity index (χ1v) is 7.91. The normalized spacial score (nSPS) is 31.6. The maximum Gasteiger partial charge on any atom is 0.522 e. The predicted octanol–water partition coefficient (Wildman–Crippen LogP) is -0.0346. The molecule has 10 heteroatoms. The number of hydrogen-bond acceptors (Lipinski definition) is 5. The van der Waals surface area contributed by atoms with Crippen molar-refractivity contribution in [1.82, 2.24) is 10.6 Å². The molecule has 7 nitrogen and oxygen atoms in total. The minimum Gasteiger partial charge on any atom is -0.379 e. The van der Waals surface area contributed by atoms with E-state index in [0.717, 1.165) is 5.57 Å². The first-order chi connectivity index (χ1) is 11.6. The van der Waals surface area contributed by atoms with Crippen molar-refractivity contribution in [3.05, 3.63) is 11.8 Å². The van der Waals surface area contributed by atoms with Crippen molar-refractivity contribution >= 4 is 17.6 Å². The van der Waals surface area contributed by atoms with Crippen molar-refractivity contribution in [2.24, 2.45) is 23.0 Å². The number of nitrogens with one attached hydrogen (secondary N) is 2. The lowest BCUT2D eigenvalue weighted by molar-refractivity contribution is -0.321. The summed E-state index contributed by atoms with van der Waals surface area (Å²) >= 11 is 0. The molecule has 2 aliphatic heterocycles. The zero-order chi connectivity index (χ0) is 18.4. The zero-order valence-corrected chi connectivity index (χ0v) is 13.2. The maximum atomic E-state index is 12.5. The molecule has 0 bridgehead atoms. The summed E-state index contributed by atoms with van der Waals surface area (Å²) in [6, 6.07) is -0.869. The largest absolute Gasteiger partial charge is 0.522 e. The summed E-state index contributed by atoms with van der Waals surface area (Å²) in [5, 5.41) is 5.43. The summed E-state index contributed by atoms with van der Waals surface area (Å²) in [5.41, 5.74) is 5.20. The van der Waals surface area contributed by atoms with Gasteiger partial charge in [0.05, 0.1) is 0 Å². The van der Waals surface area contributed by atoms with E-state index in [9.17, 15) is 27.6 Å². The Balaban J connectivity index is 1.82. The molecule has 2 amide bonds. The lowest BCUT2D eigenvalue weighted by Crippen LogP contribution is -2.49. The van der Waals surface area contributed by atoms with E-state index in [1.54, 1.807) is 6.20 Å². The Kier molecular flexibility index (Phi) is 4.26. The summed E-state index contributed by atoms with van der Waals surface area (Å²) in [5.74, 6) is -3.13. The average molecular weight is 361 g/mol. The van der Waals surface area contributed by atoms with Gasteiger partial charge in [0.15, 0.2) is 5.78 Å². The van der Waals surface area contributed by atoms with Gasteiger partial charge in [-0.25, -0.2) is 0 Å². The first-order valence-electron chi connectivity index (χ1n) is 7.91. The third-order valence-corrected chi connectivity index (χ3v) is 5.25. The van der Waals surface area contributed by atoms with Crippen LogP contribution in [0.2, 0.25) is 0 Å². The number of amides is 2. The number of halogens is 3. The van der Waals surface area contributed by atoms with Crippen LogP contribution in [-0.2, 0) is 19.1 Å². The Hall–Kier alpha value is -2.10. The smallest absolute Gasteiger partial charge is 0.379 e. The van der Waals surface area contributed by atoms with Crippen molar-refractivity contribution in [3.8, 4) is 0 Å². The number of Topliss-reactive ketones (excluding diaryl/α,β-unsaturated/α-hetero) is 1. The number of rotatable bonds is 7. The minimum absolute atomic E-state index is 0.0642. The summed E-state index contributed by atoms with van der Waals surface area (Å²) in [6.07, 6.45) is -2.40. The summed E-state index contributed by atoms with van der Waals surface area (Å²) in [7, 11) is 0. The van der Waals surface area contributed by atoms with Crippen LogP contribution in [-0.4, -0.2) is 43.2 Å². The molecule has 2 fully saturated rings. The highest BCUT2D eigenvalue weighted by Gasteiger charge is 2.66. The van der Waals surface area contributed by atoms with E-state index in [1.807, 2.05) is 0 Å². The number of carbonyl (C=O) groups is 3. The van der Waals surface area contributed by atoms with Gasteiger partial charge in [-0.1, -0.05) is 0 Å². The van der Waals surface area contributed by atoms with Crippen LogP contribution in [0.3, 0.4) is 0 Å². The van der Waals surface area contributed by atoms with Crippen LogP contribution in [0, 0.1) is 17.3 Å². The molecule has 3 aliphatic rings. The minimum atomic E-state index is -4.93. The number of ether oxygens (including phenoxy) is 1. The van der Waals surface area contributed by atoms with Crippen molar-refractivity contribution < 1.29 is 32.3 Å². The fourth-order valence-corrected chi connectivity index (χ4v) is 4.00. The van der Waals surface area contributed by atoms with Crippen molar-refractivity contribution in [2.75, 3.05) is 13.2 Å². The van der Waals surface area contributed by atoms with Gasteiger partial charge < -0.3 is 16.4 Å². The average Bonchev–Trinajstić information content (AvgIpc) is 2.88. The standard InChI is InChI=1S/C15H18F3N3O4/c16-15(17,18)25-6-10(22)9(3-7-1-2-20-13(7)24)14-4-8(14)5-21-11(14)12(19)23/h5,7,9,11,21H,1-4,6H2,(H2,19,23)(H,20,24)/t7-,9-,11?,14?/m1/s1. The van der Waals surface area contributed by atoms with Crippen LogP contribution in [0.25, 0.3) is 0 Å². The molecular weight excluding hydrogens is 343 g/mol. The highest BCUT2D eigenvalue weighted by Crippen LogP contribution is 2.64. The number of alkyl halides is 3.